The number of morpholine rings is 1. The molecule has 1 saturated heterocycles. The van der Waals surface area contributed by atoms with Gasteiger partial charge < -0.3 is 14.8 Å². The maximum Gasteiger partial charge on any atom is 0.412 e. The Bertz CT molecular complexity index is 508. The standard InChI is InChI=1S/C15H21FN2O3/c1-15(2,3)21-14(19)18-10-4-5-11(12(16)8-10)13-9-17-6-7-20-13/h4-5,8,13,17H,6-7,9H2,1-3H3,(H,18,19). The molecule has 1 fully saturated rings. The van der Waals surface area contributed by atoms with E-state index in [0.717, 1.165) is 6.54 Å². The van der Waals surface area contributed by atoms with Gasteiger partial charge in [-0.05, 0) is 32.9 Å². The van der Waals surface area contributed by atoms with Crippen molar-refractivity contribution in [1.29, 1.82) is 0 Å². The number of carbonyl (C=O) groups excluding carboxylic acids is 1. The van der Waals surface area contributed by atoms with Gasteiger partial charge in [-0.2, -0.15) is 0 Å². The maximum absolute atomic E-state index is 14.1. The summed E-state index contributed by atoms with van der Waals surface area (Å²) < 4.78 is 24.8. The highest BCUT2D eigenvalue weighted by Gasteiger charge is 2.20. The van der Waals surface area contributed by atoms with Crippen molar-refractivity contribution in [2.24, 2.45) is 0 Å². The molecule has 2 N–H and O–H groups in total. The fourth-order valence-electron chi connectivity index (χ4n) is 2.05. The third-order valence-electron chi connectivity index (χ3n) is 2.92. The molecule has 1 atom stereocenters. The van der Waals surface area contributed by atoms with Crippen LogP contribution in [-0.4, -0.2) is 31.4 Å². The first-order valence-electron chi connectivity index (χ1n) is 6.97. The summed E-state index contributed by atoms with van der Waals surface area (Å²) in [6, 6.07) is 4.54. The smallest absolute Gasteiger partial charge is 0.412 e. The highest BCUT2D eigenvalue weighted by Crippen LogP contribution is 2.24. The SMILES string of the molecule is CC(C)(C)OC(=O)Nc1ccc(C2CNCCO2)c(F)c1. The highest BCUT2D eigenvalue weighted by molar-refractivity contribution is 5.84. The summed E-state index contributed by atoms with van der Waals surface area (Å²) in [5.41, 5.74) is 0.246. The Morgan fingerprint density at radius 3 is 2.81 bits per heavy atom. The van der Waals surface area contributed by atoms with Crippen LogP contribution in [0.4, 0.5) is 14.9 Å². The molecular formula is C15H21FN2O3. The summed E-state index contributed by atoms with van der Waals surface area (Å²) in [4.78, 5) is 11.6. The number of hydrogen-bond donors (Lipinski definition) is 2. The van der Waals surface area contributed by atoms with Crippen molar-refractivity contribution in [3.8, 4) is 0 Å². The van der Waals surface area contributed by atoms with Crippen LogP contribution in [0.1, 0.15) is 32.4 Å². The van der Waals surface area contributed by atoms with Gasteiger partial charge in [0.05, 0.1) is 12.7 Å². The Labute approximate surface area is 123 Å². The summed E-state index contributed by atoms with van der Waals surface area (Å²) >= 11 is 0. The predicted molar refractivity (Wildman–Crippen MR) is 77.8 cm³/mol. The van der Waals surface area contributed by atoms with E-state index in [1.165, 1.54) is 6.07 Å². The Morgan fingerprint density at radius 1 is 1.48 bits per heavy atom. The number of benzene rings is 1. The van der Waals surface area contributed by atoms with Gasteiger partial charge >= 0.3 is 6.09 Å². The van der Waals surface area contributed by atoms with E-state index in [1.54, 1.807) is 32.9 Å². The number of anilines is 1. The lowest BCUT2D eigenvalue weighted by Crippen LogP contribution is -2.33. The van der Waals surface area contributed by atoms with Crippen LogP contribution in [0.25, 0.3) is 0 Å². The Hall–Kier alpha value is -1.66. The Kier molecular flexibility index (Phi) is 4.80. The average Bonchev–Trinajstić information content (AvgIpc) is 2.37. The number of hydrogen-bond acceptors (Lipinski definition) is 4. The van der Waals surface area contributed by atoms with Crippen molar-refractivity contribution in [2.45, 2.75) is 32.5 Å². The second kappa shape index (κ2) is 6.41. The van der Waals surface area contributed by atoms with Crippen molar-refractivity contribution < 1.29 is 18.7 Å². The van der Waals surface area contributed by atoms with Gasteiger partial charge in [0.25, 0.3) is 0 Å². The first kappa shape index (κ1) is 15.7. The molecule has 1 heterocycles. The molecule has 5 nitrogen and oxygen atoms in total. The molecule has 1 unspecified atom stereocenters. The molecule has 1 aliphatic heterocycles. The minimum absolute atomic E-state index is 0.297. The molecule has 0 radical (unpaired) electrons. The predicted octanol–water partition coefficient (Wildman–Crippen LogP) is 2.83. The van der Waals surface area contributed by atoms with Gasteiger partial charge in [0.15, 0.2) is 0 Å². The molecule has 1 amide bonds. The highest BCUT2D eigenvalue weighted by atomic mass is 19.1. The zero-order valence-corrected chi connectivity index (χ0v) is 12.5. The summed E-state index contributed by atoms with van der Waals surface area (Å²) in [6.45, 7) is 7.21. The molecule has 1 aliphatic rings. The molecule has 1 aromatic rings. The fourth-order valence-corrected chi connectivity index (χ4v) is 2.05. The molecule has 2 rings (SSSR count). The summed E-state index contributed by atoms with van der Waals surface area (Å²) in [7, 11) is 0. The second-order valence-corrected chi connectivity index (χ2v) is 5.93. The van der Waals surface area contributed by atoms with Gasteiger partial charge in [-0.3, -0.25) is 5.32 Å². The molecular weight excluding hydrogens is 275 g/mol. The molecule has 116 valence electrons. The normalized spacial score (nSPS) is 19.1. The van der Waals surface area contributed by atoms with Crippen LogP contribution in [0.5, 0.6) is 0 Å². The van der Waals surface area contributed by atoms with Crippen LogP contribution in [0, 0.1) is 5.82 Å². The number of halogens is 1. The van der Waals surface area contributed by atoms with Crippen LogP contribution >= 0.6 is 0 Å². The van der Waals surface area contributed by atoms with Gasteiger partial charge in [0.1, 0.15) is 11.4 Å². The topological polar surface area (TPSA) is 59.6 Å². The van der Waals surface area contributed by atoms with E-state index in [-0.39, 0.29) is 6.10 Å². The zero-order valence-electron chi connectivity index (χ0n) is 12.5. The van der Waals surface area contributed by atoms with E-state index >= 15 is 0 Å². The monoisotopic (exact) mass is 296 g/mol. The van der Waals surface area contributed by atoms with E-state index in [4.69, 9.17) is 9.47 Å². The Morgan fingerprint density at radius 2 is 2.24 bits per heavy atom. The largest absolute Gasteiger partial charge is 0.444 e. The minimum Gasteiger partial charge on any atom is -0.444 e. The van der Waals surface area contributed by atoms with Crippen LogP contribution < -0.4 is 10.6 Å². The average molecular weight is 296 g/mol. The zero-order chi connectivity index (χ0) is 15.5. The van der Waals surface area contributed by atoms with Crippen molar-refractivity contribution in [3.63, 3.8) is 0 Å². The lowest BCUT2D eigenvalue weighted by Gasteiger charge is -2.24. The van der Waals surface area contributed by atoms with Gasteiger partial charge in [0.2, 0.25) is 0 Å². The van der Waals surface area contributed by atoms with Crippen molar-refractivity contribution >= 4 is 11.8 Å². The first-order chi connectivity index (χ1) is 9.85. The van der Waals surface area contributed by atoms with E-state index in [9.17, 15) is 9.18 Å². The van der Waals surface area contributed by atoms with Crippen LogP contribution in [0.15, 0.2) is 18.2 Å². The summed E-state index contributed by atoms with van der Waals surface area (Å²) in [5.74, 6) is -0.405. The lowest BCUT2D eigenvalue weighted by molar-refractivity contribution is 0.0255. The van der Waals surface area contributed by atoms with Crippen LogP contribution in [-0.2, 0) is 9.47 Å². The van der Waals surface area contributed by atoms with Crippen molar-refractivity contribution in [1.82, 2.24) is 5.32 Å². The quantitative estimate of drug-likeness (QED) is 0.881. The van der Waals surface area contributed by atoms with Crippen molar-refractivity contribution in [2.75, 3.05) is 25.0 Å². The first-order valence-corrected chi connectivity index (χ1v) is 6.97. The van der Waals surface area contributed by atoms with Gasteiger partial charge in [-0.1, -0.05) is 6.07 Å². The van der Waals surface area contributed by atoms with Crippen LogP contribution in [0.2, 0.25) is 0 Å². The third-order valence-corrected chi connectivity index (χ3v) is 2.92. The van der Waals surface area contributed by atoms with Gasteiger partial charge in [0, 0.05) is 24.3 Å². The van der Waals surface area contributed by atoms with Crippen LogP contribution in [0.3, 0.4) is 0 Å². The fraction of sp³-hybridized carbons (Fsp3) is 0.533. The molecule has 0 aromatic heterocycles. The Balaban J connectivity index is 2.03. The van der Waals surface area contributed by atoms with Crippen molar-refractivity contribution in [3.05, 3.63) is 29.6 Å². The third kappa shape index (κ3) is 4.68. The minimum atomic E-state index is -0.606. The number of rotatable bonds is 2. The van der Waals surface area contributed by atoms with E-state index in [2.05, 4.69) is 10.6 Å². The number of nitrogens with one attached hydrogen (secondary N) is 2. The van der Waals surface area contributed by atoms with Gasteiger partial charge in [-0.15, -0.1) is 0 Å². The molecule has 0 saturated carbocycles. The summed E-state index contributed by atoms with van der Waals surface area (Å²) in [6.07, 6.45) is -0.903. The summed E-state index contributed by atoms with van der Waals surface area (Å²) in [5, 5.41) is 5.66. The number of ether oxygens (including phenoxy) is 2. The van der Waals surface area contributed by atoms with E-state index in [1.807, 2.05) is 0 Å². The molecule has 21 heavy (non-hydrogen) atoms. The molecule has 1 aromatic carbocycles. The number of amides is 1. The van der Waals surface area contributed by atoms with Gasteiger partial charge in [-0.25, -0.2) is 9.18 Å². The molecule has 0 bridgehead atoms. The lowest BCUT2D eigenvalue weighted by atomic mass is 10.1. The number of carbonyl (C=O) groups is 1. The van der Waals surface area contributed by atoms with E-state index in [0.29, 0.717) is 24.4 Å². The maximum atomic E-state index is 14.1. The molecule has 0 aliphatic carbocycles. The van der Waals surface area contributed by atoms with E-state index < -0.39 is 17.5 Å². The second-order valence-electron chi connectivity index (χ2n) is 5.93. The molecule has 6 heteroatoms. The molecule has 0 spiro atoms.